The highest BCUT2D eigenvalue weighted by molar-refractivity contribution is 6.36. The molecule has 0 aliphatic carbocycles. The van der Waals surface area contributed by atoms with Gasteiger partial charge in [0, 0.05) is 30.2 Å². The van der Waals surface area contributed by atoms with Crippen molar-refractivity contribution in [3.05, 3.63) is 41.0 Å². The third-order valence-corrected chi connectivity index (χ3v) is 3.39. The van der Waals surface area contributed by atoms with Crippen molar-refractivity contribution in [2.75, 3.05) is 6.54 Å². The van der Waals surface area contributed by atoms with Crippen LogP contribution in [0.5, 0.6) is 0 Å². The van der Waals surface area contributed by atoms with E-state index in [0.717, 1.165) is 27.9 Å². The Labute approximate surface area is 112 Å². The minimum absolute atomic E-state index is 0.308. The first-order chi connectivity index (χ1) is 8.72. The number of nitrogens with zero attached hydrogens (tertiary/aromatic N) is 1. The van der Waals surface area contributed by atoms with Crippen LogP contribution < -0.4 is 5.32 Å². The highest BCUT2D eigenvalue weighted by atomic mass is 35.5. The number of benzene rings is 1. The van der Waals surface area contributed by atoms with E-state index in [1.807, 2.05) is 31.2 Å². The van der Waals surface area contributed by atoms with Crippen molar-refractivity contribution in [2.45, 2.75) is 26.0 Å². The normalized spacial score (nSPS) is 12.8. The van der Waals surface area contributed by atoms with Crippen LogP contribution in [0.2, 0.25) is 5.02 Å². The number of halogens is 1. The predicted octanol–water partition coefficient (Wildman–Crippen LogP) is 2.75. The van der Waals surface area contributed by atoms with Crippen LogP contribution in [-0.4, -0.2) is 22.7 Å². The summed E-state index contributed by atoms with van der Waals surface area (Å²) in [5.74, 6) is 0. The highest BCUT2D eigenvalue weighted by Gasteiger charge is 2.06. The van der Waals surface area contributed by atoms with Crippen LogP contribution in [0.1, 0.15) is 18.9 Å². The molecular weight excluding hydrogens is 248 g/mol. The molecular formula is C14H17ClN2O. The second-order valence-electron chi connectivity index (χ2n) is 4.31. The van der Waals surface area contributed by atoms with Crippen molar-refractivity contribution in [1.29, 1.82) is 0 Å². The third-order valence-electron chi connectivity index (χ3n) is 2.95. The van der Waals surface area contributed by atoms with E-state index in [-0.39, 0.29) is 6.10 Å². The van der Waals surface area contributed by atoms with Crippen LogP contribution in [0, 0.1) is 0 Å². The average molecular weight is 265 g/mol. The number of hydrogen-bond donors (Lipinski definition) is 2. The number of aliphatic hydroxyl groups is 1. The van der Waals surface area contributed by atoms with Gasteiger partial charge in [-0.25, -0.2) is 0 Å². The Hall–Kier alpha value is -1.16. The summed E-state index contributed by atoms with van der Waals surface area (Å²) in [7, 11) is 0. The summed E-state index contributed by atoms with van der Waals surface area (Å²) < 4.78 is 0. The van der Waals surface area contributed by atoms with Gasteiger partial charge >= 0.3 is 0 Å². The molecule has 0 fully saturated rings. The first kappa shape index (κ1) is 13.3. The van der Waals surface area contributed by atoms with Crippen molar-refractivity contribution in [1.82, 2.24) is 10.3 Å². The van der Waals surface area contributed by atoms with E-state index in [1.54, 1.807) is 6.20 Å². The zero-order valence-corrected chi connectivity index (χ0v) is 11.1. The summed E-state index contributed by atoms with van der Waals surface area (Å²) in [5, 5.41) is 14.4. The fraction of sp³-hybridized carbons (Fsp3) is 0.357. The Morgan fingerprint density at radius 2 is 2.17 bits per heavy atom. The Kier molecular flexibility index (Phi) is 4.53. The molecule has 0 amide bonds. The largest absolute Gasteiger partial charge is 0.392 e. The summed E-state index contributed by atoms with van der Waals surface area (Å²) in [6, 6.07) is 7.81. The SMILES string of the molecule is CCC(O)CNCc1cnc2ccccc2c1Cl. The Morgan fingerprint density at radius 1 is 1.39 bits per heavy atom. The zero-order valence-electron chi connectivity index (χ0n) is 10.4. The van der Waals surface area contributed by atoms with Crippen molar-refractivity contribution in [3.63, 3.8) is 0 Å². The van der Waals surface area contributed by atoms with E-state index in [9.17, 15) is 5.11 Å². The third kappa shape index (κ3) is 2.99. The molecule has 4 heteroatoms. The van der Waals surface area contributed by atoms with Crippen molar-refractivity contribution < 1.29 is 5.11 Å². The maximum Gasteiger partial charge on any atom is 0.0717 e. The molecule has 0 aliphatic heterocycles. The maximum absolute atomic E-state index is 9.47. The molecule has 96 valence electrons. The number of nitrogens with one attached hydrogen (secondary N) is 1. The van der Waals surface area contributed by atoms with Crippen molar-refractivity contribution in [2.24, 2.45) is 0 Å². The standard InChI is InChI=1S/C14H17ClN2O/c1-2-11(18)9-16-7-10-8-17-13-6-4-3-5-12(13)14(10)15/h3-6,8,11,16,18H,2,7,9H2,1H3. The van der Waals surface area contributed by atoms with E-state index in [2.05, 4.69) is 10.3 Å². The Bertz CT molecular complexity index is 530. The molecule has 0 saturated heterocycles. The monoisotopic (exact) mass is 264 g/mol. The van der Waals surface area contributed by atoms with E-state index in [4.69, 9.17) is 11.6 Å². The number of hydrogen-bond acceptors (Lipinski definition) is 3. The lowest BCUT2D eigenvalue weighted by atomic mass is 10.1. The molecule has 3 nitrogen and oxygen atoms in total. The summed E-state index contributed by atoms with van der Waals surface area (Å²) in [6.07, 6.45) is 2.23. The fourth-order valence-corrected chi connectivity index (χ4v) is 2.07. The van der Waals surface area contributed by atoms with Crippen molar-refractivity contribution in [3.8, 4) is 0 Å². The van der Waals surface area contributed by atoms with Gasteiger partial charge in [-0.2, -0.15) is 0 Å². The molecule has 1 heterocycles. The molecule has 0 radical (unpaired) electrons. The molecule has 0 saturated carbocycles. The second-order valence-corrected chi connectivity index (χ2v) is 4.69. The first-order valence-electron chi connectivity index (χ1n) is 6.13. The molecule has 2 rings (SSSR count). The van der Waals surface area contributed by atoms with Gasteiger partial charge in [-0.15, -0.1) is 0 Å². The van der Waals surface area contributed by atoms with Crippen LogP contribution in [0.15, 0.2) is 30.5 Å². The minimum Gasteiger partial charge on any atom is -0.392 e. The van der Waals surface area contributed by atoms with E-state index < -0.39 is 0 Å². The minimum atomic E-state index is -0.308. The molecule has 0 aliphatic rings. The average Bonchev–Trinajstić information content (AvgIpc) is 2.41. The first-order valence-corrected chi connectivity index (χ1v) is 6.51. The molecule has 1 atom stereocenters. The van der Waals surface area contributed by atoms with Gasteiger partial charge in [0.05, 0.1) is 16.6 Å². The smallest absolute Gasteiger partial charge is 0.0717 e. The molecule has 0 spiro atoms. The van der Waals surface area contributed by atoms with Crippen LogP contribution in [-0.2, 0) is 6.54 Å². The summed E-state index contributed by atoms with van der Waals surface area (Å²) in [5.41, 5.74) is 1.86. The molecule has 1 unspecified atom stereocenters. The Morgan fingerprint density at radius 3 is 2.94 bits per heavy atom. The van der Waals surface area contributed by atoms with Gasteiger partial charge in [-0.05, 0) is 12.5 Å². The van der Waals surface area contributed by atoms with Gasteiger partial charge in [0.1, 0.15) is 0 Å². The molecule has 0 bridgehead atoms. The fourth-order valence-electron chi connectivity index (χ4n) is 1.79. The van der Waals surface area contributed by atoms with Crippen molar-refractivity contribution >= 4 is 22.5 Å². The maximum atomic E-state index is 9.47. The zero-order chi connectivity index (χ0) is 13.0. The molecule has 2 N–H and O–H groups in total. The summed E-state index contributed by atoms with van der Waals surface area (Å²) in [4.78, 5) is 4.37. The molecule has 2 aromatic rings. The van der Waals surface area contributed by atoms with Crippen LogP contribution in [0.25, 0.3) is 10.9 Å². The van der Waals surface area contributed by atoms with E-state index in [1.165, 1.54) is 0 Å². The topological polar surface area (TPSA) is 45.1 Å². The number of fused-ring (bicyclic) bond motifs is 1. The van der Waals surface area contributed by atoms with Crippen LogP contribution >= 0.6 is 11.6 Å². The summed E-state index contributed by atoms with van der Waals surface area (Å²) in [6.45, 7) is 3.14. The van der Waals surface area contributed by atoms with Crippen LogP contribution in [0.3, 0.4) is 0 Å². The van der Waals surface area contributed by atoms with Gasteiger partial charge in [-0.1, -0.05) is 36.7 Å². The van der Waals surface area contributed by atoms with E-state index >= 15 is 0 Å². The van der Waals surface area contributed by atoms with Gasteiger partial charge in [-0.3, -0.25) is 4.98 Å². The Balaban J connectivity index is 2.12. The number of aromatic nitrogens is 1. The lowest BCUT2D eigenvalue weighted by Gasteiger charge is -2.11. The van der Waals surface area contributed by atoms with Gasteiger partial charge in [0.15, 0.2) is 0 Å². The molecule has 1 aromatic carbocycles. The molecule has 18 heavy (non-hydrogen) atoms. The van der Waals surface area contributed by atoms with Gasteiger partial charge in [0.25, 0.3) is 0 Å². The quantitative estimate of drug-likeness (QED) is 0.873. The number of aliphatic hydroxyl groups excluding tert-OH is 1. The predicted molar refractivity (Wildman–Crippen MR) is 74.8 cm³/mol. The lowest BCUT2D eigenvalue weighted by Crippen LogP contribution is -2.25. The number of para-hydroxylation sites is 1. The lowest BCUT2D eigenvalue weighted by molar-refractivity contribution is 0.167. The molecule has 1 aromatic heterocycles. The highest BCUT2D eigenvalue weighted by Crippen LogP contribution is 2.25. The van der Waals surface area contributed by atoms with Gasteiger partial charge in [0.2, 0.25) is 0 Å². The van der Waals surface area contributed by atoms with Crippen LogP contribution in [0.4, 0.5) is 0 Å². The number of rotatable bonds is 5. The summed E-state index contributed by atoms with van der Waals surface area (Å²) >= 11 is 6.35. The number of pyridine rings is 1. The van der Waals surface area contributed by atoms with E-state index in [0.29, 0.717) is 13.1 Å². The second kappa shape index (κ2) is 6.14. The van der Waals surface area contributed by atoms with Gasteiger partial charge < -0.3 is 10.4 Å².